The van der Waals surface area contributed by atoms with Crippen LogP contribution in [0.25, 0.3) is 17.8 Å². The van der Waals surface area contributed by atoms with E-state index in [1.165, 1.54) is 5.56 Å². The minimum atomic E-state index is 0.813. The molecule has 0 spiro atoms. The molecule has 3 rings (SSSR count). The number of fused-ring (bicyclic) bond motifs is 1. The molecule has 0 bridgehead atoms. The molecule has 0 radical (unpaired) electrons. The fraction of sp³-hybridized carbons (Fsp3) is 0.0556. The van der Waals surface area contributed by atoms with Gasteiger partial charge in [-0.1, -0.05) is 48.6 Å². The Morgan fingerprint density at radius 1 is 1.05 bits per heavy atom. The predicted molar refractivity (Wildman–Crippen MR) is 86.3 cm³/mol. The summed E-state index contributed by atoms with van der Waals surface area (Å²) in [6, 6.07) is 14.0. The molecule has 0 unspecified atom stereocenters. The maximum Gasteiger partial charge on any atom is 0.141 e. The second kappa shape index (κ2) is 6.09. The SMILES string of the molecule is COc1ccn2cc(/C=C/C=C/c3ccccc3)nc2c1. The molecule has 2 heterocycles. The fourth-order valence-corrected chi connectivity index (χ4v) is 2.08. The quantitative estimate of drug-likeness (QED) is 0.671. The van der Waals surface area contributed by atoms with E-state index >= 15 is 0 Å². The topological polar surface area (TPSA) is 26.5 Å². The number of aromatic nitrogens is 2. The van der Waals surface area contributed by atoms with E-state index < -0.39 is 0 Å². The number of rotatable bonds is 4. The largest absolute Gasteiger partial charge is 0.497 e. The van der Waals surface area contributed by atoms with Gasteiger partial charge in [0.05, 0.1) is 12.8 Å². The standard InChI is InChI=1S/C18H16N2O/c1-21-17-11-12-20-14-16(19-18(20)13-17)10-6-5-9-15-7-3-2-4-8-15/h2-14H,1H3/b9-5+,10-6+. The Balaban J connectivity index is 1.75. The molecule has 1 aromatic carbocycles. The lowest BCUT2D eigenvalue weighted by Crippen LogP contribution is -1.85. The van der Waals surface area contributed by atoms with Gasteiger partial charge in [0.25, 0.3) is 0 Å². The molecule has 0 aliphatic carbocycles. The van der Waals surface area contributed by atoms with E-state index in [2.05, 4.69) is 23.2 Å². The molecule has 2 aromatic heterocycles. The molecule has 104 valence electrons. The smallest absolute Gasteiger partial charge is 0.141 e. The Labute approximate surface area is 123 Å². The number of allylic oxidation sites excluding steroid dienone is 2. The number of methoxy groups -OCH3 is 1. The normalized spacial score (nSPS) is 11.7. The highest BCUT2D eigenvalue weighted by Gasteiger charge is 1.99. The summed E-state index contributed by atoms with van der Waals surface area (Å²) < 4.78 is 7.17. The van der Waals surface area contributed by atoms with Crippen molar-refractivity contribution in [3.63, 3.8) is 0 Å². The van der Waals surface area contributed by atoms with Crippen molar-refractivity contribution in [2.24, 2.45) is 0 Å². The molecular formula is C18H16N2O. The van der Waals surface area contributed by atoms with E-state index in [4.69, 9.17) is 4.74 Å². The van der Waals surface area contributed by atoms with Crippen molar-refractivity contribution >= 4 is 17.8 Å². The van der Waals surface area contributed by atoms with Crippen LogP contribution in [0, 0.1) is 0 Å². The summed E-state index contributed by atoms with van der Waals surface area (Å²) in [5, 5.41) is 0. The van der Waals surface area contributed by atoms with Crippen LogP contribution < -0.4 is 4.74 Å². The van der Waals surface area contributed by atoms with Gasteiger partial charge in [-0.3, -0.25) is 0 Å². The van der Waals surface area contributed by atoms with Crippen LogP contribution in [-0.4, -0.2) is 16.5 Å². The van der Waals surface area contributed by atoms with Gasteiger partial charge in [0.2, 0.25) is 0 Å². The van der Waals surface area contributed by atoms with Gasteiger partial charge >= 0.3 is 0 Å². The zero-order chi connectivity index (χ0) is 14.5. The summed E-state index contributed by atoms with van der Waals surface area (Å²) >= 11 is 0. The zero-order valence-corrected chi connectivity index (χ0v) is 11.8. The van der Waals surface area contributed by atoms with Crippen LogP contribution in [0.4, 0.5) is 0 Å². The van der Waals surface area contributed by atoms with E-state index in [0.29, 0.717) is 0 Å². The van der Waals surface area contributed by atoms with E-state index in [-0.39, 0.29) is 0 Å². The molecular weight excluding hydrogens is 260 g/mol. The number of benzene rings is 1. The average Bonchev–Trinajstić information content (AvgIpc) is 2.94. The predicted octanol–water partition coefficient (Wildman–Crippen LogP) is 4.07. The van der Waals surface area contributed by atoms with Gasteiger partial charge < -0.3 is 9.14 Å². The summed E-state index contributed by atoms with van der Waals surface area (Å²) in [6.45, 7) is 0. The third kappa shape index (κ3) is 3.20. The average molecular weight is 276 g/mol. The highest BCUT2D eigenvalue weighted by molar-refractivity contribution is 5.57. The van der Waals surface area contributed by atoms with Crippen molar-refractivity contribution in [3.8, 4) is 5.75 Å². The molecule has 3 aromatic rings. The second-order valence-electron chi connectivity index (χ2n) is 4.63. The maximum atomic E-state index is 5.20. The molecule has 0 amide bonds. The third-order valence-corrected chi connectivity index (χ3v) is 3.15. The van der Waals surface area contributed by atoms with Crippen molar-refractivity contribution in [3.05, 3.63) is 78.3 Å². The third-order valence-electron chi connectivity index (χ3n) is 3.15. The number of imidazole rings is 1. The van der Waals surface area contributed by atoms with E-state index in [0.717, 1.165) is 17.1 Å². The first-order valence-corrected chi connectivity index (χ1v) is 6.78. The van der Waals surface area contributed by atoms with Crippen LogP contribution in [0.3, 0.4) is 0 Å². The monoisotopic (exact) mass is 276 g/mol. The first kappa shape index (κ1) is 13.2. The van der Waals surface area contributed by atoms with Crippen LogP contribution in [0.1, 0.15) is 11.3 Å². The second-order valence-corrected chi connectivity index (χ2v) is 4.63. The van der Waals surface area contributed by atoms with Crippen LogP contribution in [0.15, 0.2) is 67.0 Å². The Morgan fingerprint density at radius 2 is 1.86 bits per heavy atom. The number of ether oxygens (including phenoxy) is 1. The Bertz CT molecular complexity index is 785. The lowest BCUT2D eigenvalue weighted by molar-refractivity contribution is 0.414. The van der Waals surface area contributed by atoms with Crippen molar-refractivity contribution in [2.45, 2.75) is 0 Å². The van der Waals surface area contributed by atoms with Gasteiger partial charge in [0.15, 0.2) is 0 Å². The molecule has 0 atom stereocenters. The molecule has 0 aliphatic rings. The molecule has 0 N–H and O–H groups in total. The number of hydrogen-bond acceptors (Lipinski definition) is 2. The molecule has 0 fully saturated rings. The highest BCUT2D eigenvalue weighted by atomic mass is 16.5. The summed E-state index contributed by atoms with van der Waals surface area (Å²) in [5.41, 5.74) is 2.98. The molecule has 0 aliphatic heterocycles. The minimum Gasteiger partial charge on any atom is -0.497 e. The fourth-order valence-electron chi connectivity index (χ4n) is 2.08. The first-order chi connectivity index (χ1) is 10.3. The Morgan fingerprint density at radius 3 is 2.67 bits per heavy atom. The van der Waals surface area contributed by atoms with E-state index in [1.54, 1.807) is 7.11 Å². The lowest BCUT2D eigenvalue weighted by Gasteiger charge is -1.98. The number of pyridine rings is 1. The van der Waals surface area contributed by atoms with Gasteiger partial charge in [-0.05, 0) is 17.7 Å². The van der Waals surface area contributed by atoms with Crippen LogP contribution in [-0.2, 0) is 0 Å². The number of hydrogen-bond donors (Lipinski definition) is 0. The lowest BCUT2D eigenvalue weighted by atomic mass is 10.2. The summed E-state index contributed by atoms with van der Waals surface area (Å²) in [6.07, 6.45) is 12.0. The van der Waals surface area contributed by atoms with Gasteiger partial charge in [-0.2, -0.15) is 0 Å². The van der Waals surface area contributed by atoms with Crippen LogP contribution in [0.2, 0.25) is 0 Å². The van der Waals surface area contributed by atoms with Crippen molar-refractivity contribution < 1.29 is 4.74 Å². The van der Waals surface area contributed by atoms with Crippen LogP contribution in [0.5, 0.6) is 5.75 Å². The molecule has 21 heavy (non-hydrogen) atoms. The summed E-state index contributed by atoms with van der Waals surface area (Å²) in [4.78, 5) is 4.53. The minimum absolute atomic E-state index is 0.813. The molecule has 0 saturated heterocycles. The molecule has 3 nitrogen and oxygen atoms in total. The highest BCUT2D eigenvalue weighted by Crippen LogP contribution is 2.14. The van der Waals surface area contributed by atoms with Gasteiger partial charge in [-0.15, -0.1) is 0 Å². The van der Waals surface area contributed by atoms with Crippen molar-refractivity contribution in [2.75, 3.05) is 7.11 Å². The maximum absolute atomic E-state index is 5.20. The van der Waals surface area contributed by atoms with E-state index in [9.17, 15) is 0 Å². The summed E-state index contributed by atoms with van der Waals surface area (Å²) in [5.74, 6) is 0.813. The molecule has 3 heteroatoms. The Hall–Kier alpha value is -2.81. The van der Waals surface area contributed by atoms with Crippen molar-refractivity contribution in [1.82, 2.24) is 9.38 Å². The van der Waals surface area contributed by atoms with Gasteiger partial charge in [-0.25, -0.2) is 4.98 Å². The number of nitrogens with zero attached hydrogens (tertiary/aromatic N) is 2. The molecule has 0 saturated carbocycles. The Kier molecular flexibility index (Phi) is 3.83. The first-order valence-electron chi connectivity index (χ1n) is 6.78. The summed E-state index contributed by atoms with van der Waals surface area (Å²) in [7, 11) is 1.66. The van der Waals surface area contributed by atoms with E-state index in [1.807, 2.05) is 65.4 Å². The van der Waals surface area contributed by atoms with Crippen molar-refractivity contribution in [1.29, 1.82) is 0 Å². The van der Waals surface area contributed by atoms with Crippen LogP contribution >= 0.6 is 0 Å². The van der Waals surface area contributed by atoms with Gasteiger partial charge in [0, 0.05) is 18.5 Å². The van der Waals surface area contributed by atoms with Gasteiger partial charge in [0.1, 0.15) is 11.4 Å². The zero-order valence-electron chi connectivity index (χ0n) is 11.8.